The molecule has 0 aliphatic carbocycles. The number of rotatable bonds is 4. The first-order valence-electron chi connectivity index (χ1n) is 6.14. The van der Waals surface area contributed by atoms with E-state index in [-0.39, 0.29) is 5.91 Å². The largest absolute Gasteiger partial charge is 0.479 e. The number of benzene rings is 2. The second-order valence-electron chi connectivity index (χ2n) is 4.33. The fourth-order valence-corrected chi connectivity index (χ4v) is 2.14. The molecule has 3 nitrogen and oxygen atoms in total. The number of nitrogens with one attached hydrogen (secondary N) is 1. The summed E-state index contributed by atoms with van der Waals surface area (Å²) in [5, 5.41) is 4.13. The molecule has 1 amide bonds. The summed E-state index contributed by atoms with van der Waals surface area (Å²) in [6.45, 7) is 1.62. The lowest BCUT2D eigenvalue weighted by Crippen LogP contribution is -2.30. The van der Waals surface area contributed by atoms with Crippen molar-refractivity contribution < 1.29 is 9.53 Å². The topological polar surface area (TPSA) is 38.3 Å². The molecule has 0 radical (unpaired) electrons. The van der Waals surface area contributed by atoms with Crippen molar-refractivity contribution in [2.24, 2.45) is 0 Å². The molecule has 2 rings (SSSR count). The normalized spacial score (nSPS) is 11.8. The van der Waals surface area contributed by atoms with E-state index in [0.29, 0.717) is 26.5 Å². The van der Waals surface area contributed by atoms with Gasteiger partial charge in [-0.1, -0.05) is 40.9 Å². The predicted molar refractivity (Wildman–Crippen MR) is 86.6 cm³/mol. The van der Waals surface area contributed by atoms with Crippen molar-refractivity contribution in [1.29, 1.82) is 0 Å². The highest BCUT2D eigenvalue weighted by atomic mass is 35.5. The van der Waals surface area contributed by atoms with Gasteiger partial charge in [-0.15, -0.1) is 0 Å². The van der Waals surface area contributed by atoms with E-state index in [1.807, 2.05) is 0 Å². The molecule has 1 N–H and O–H groups in total. The van der Waals surface area contributed by atoms with Gasteiger partial charge in [-0.25, -0.2) is 0 Å². The summed E-state index contributed by atoms with van der Waals surface area (Å²) in [5.41, 5.74) is 0.597. The van der Waals surface area contributed by atoms with Gasteiger partial charge in [0.25, 0.3) is 5.91 Å². The second-order valence-corrected chi connectivity index (χ2v) is 5.61. The first-order valence-corrected chi connectivity index (χ1v) is 7.27. The second kappa shape index (κ2) is 7.03. The molecule has 0 saturated heterocycles. The van der Waals surface area contributed by atoms with Crippen LogP contribution in [0.15, 0.2) is 42.5 Å². The van der Waals surface area contributed by atoms with E-state index >= 15 is 0 Å². The summed E-state index contributed by atoms with van der Waals surface area (Å²) in [6, 6.07) is 11.7. The summed E-state index contributed by atoms with van der Waals surface area (Å²) < 4.78 is 5.53. The van der Waals surface area contributed by atoms with Crippen LogP contribution in [0.3, 0.4) is 0 Å². The van der Waals surface area contributed by atoms with Gasteiger partial charge >= 0.3 is 0 Å². The molecule has 0 bridgehead atoms. The maximum absolute atomic E-state index is 12.1. The number of carbonyl (C=O) groups is 1. The molecule has 0 heterocycles. The first-order chi connectivity index (χ1) is 9.95. The van der Waals surface area contributed by atoms with Gasteiger partial charge in [0.1, 0.15) is 5.75 Å². The van der Waals surface area contributed by atoms with Gasteiger partial charge < -0.3 is 10.1 Å². The Labute approximate surface area is 137 Å². The molecule has 110 valence electrons. The Morgan fingerprint density at radius 1 is 1.10 bits per heavy atom. The van der Waals surface area contributed by atoms with Gasteiger partial charge in [0.2, 0.25) is 0 Å². The molecule has 1 atom stereocenters. The first kappa shape index (κ1) is 16.0. The average Bonchev–Trinajstić information content (AvgIpc) is 2.43. The van der Waals surface area contributed by atoms with Crippen LogP contribution in [-0.4, -0.2) is 12.0 Å². The van der Waals surface area contributed by atoms with Gasteiger partial charge in [0, 0.05) is 21.8 Å². The maximum Gasteiger partial charge on any atom is 0.265 e. The molecule has 0 aromatic heterocycles. The van der Waals surface area contributed by atoms with E-state index in [0.717, 1.165) is 0 Å². The number of carbonyl (C=O) groups excluding carboxylic acids is 1. The molecule has 0 aliphatic heterocycles. The number of amides is 1. The Kier molecular flexibility index (Phi) is 5.34. The Hall–Kier alpha value is -1.42. The molecule has 6 heteroatoms. The van der Waals surface area contributed by atoms with Crippen molar-refractivity contribution in [2.75, 3.05) is 5.32 Å². The van der Waals surface area contributed by atoms with Gasteiger partial charge in [-0.2, -0.15) is 0 Å². The number of hydrogen-bond acceptors (Lipinski definition) is 2. The minimum Gasteiger partial charge on any atom is -0.479 e. The lowest BCUT2D eigenvalue weighted by Gasteiger charge is -2.16. The number of halogens is 3. The summed E-state index contributed by atoms with van der Waals surface area (Å²) in [7, 11) is 0. The molecular weight excluding hydrogens is 333 g/mol. The van der Waals surface area contributed by atoms with Gasteiger partial charge in [0.15, 0.2) is 6.10 Å². The fourth-order valence-electron chi connectivity index (χ4n) is 1.62. The predicted octanol–water partition coefficient (Wildman–Crippen LogP) is 5.05. The average molecular weight is 345 g/mol. The lowest BCUT2D eigenvalue weighted by molar-refractivity contribution is -0.122. The molecule has 21 heavy (non-hydrogen) atoms. The monoisotopic (exact) mass is 343 g/mol. The molecule has 0 fully saturated rings. The van der Waals surface area contributed by atoms with Crippen LogP contribution in [0.1, 0.15) is 6.92 Å². The zero-order valence-electron chi connectivity index (χ0n) is 11.1. The van der Waals surface area contributed by atoms with Crippen molar-refractivity contribution in [1.82, 2.24) is 0 Å². The summed E-state index contributed by atoms with van der Waals surface area (Å²) in [4.78, 5) is 12.1. The Morgan fingerprint density at radius 3 is 2.52 bits per heavy atom. The molecule has 2 aromatic carbocycles. The number of hydrogen-bond donors (Lipinski definition) is 1. The standard InChI is InChI=1S/C15H12Cl3NO2/c1-9(21-14-8-11(17)5-6-13(14)18)15(20)19-12-4-2-3-10(16)7-12/h2-9H,1H3,(H,19,20)/t9-/m1/s1. The highest BCUT2D eigenvalue weighted by Gasteiger charge is 2.16. The minimum absolute atomic E-state index is 0.312. The summed E-state index contributed by atoms with van der Waals surface area (Å²) >= 11 is 17.7. The third-order valence-corrected chi connectivity index (χ3v) is 3.44. The highest BCUT2D eigenvalue weighted by Crippen LogP contribution is 2.28. The molecular formula is C15H12Cl3NO2. The van der Waals surface area contributed by atoms with Crippen molar-refractivity contribution in [2.45, 2.75) is 13.0 Å². The third kappa shape index (κ3) is 4.53. The zero-order chi connectivity index (χ0) is 15.4. The Bertz CT molecular complexity index is 661. The van der Waals surface area contributed by atoms with E-state index in [9.17, 15) is 4.79 Å². The smallest absolute Gasteiger partial charge is 0.265 e. The van der Waals surface area contributed by atoms with Crippen LogP contribution in [0, 0.1) is 0 Å². The third-order valence-electron chi connectivity index (χ3n) is 2.66. The minimum atomic E-state index is -0.736. The highest BCUT2D eigenvalue weighted by molar-refractivity contribution is 6.34. The van der Waals surface area contributed by atoms with Crippen LogP contribution in [-0.2, 0) is 4.79 Å². The van der Waals surface area contributed by atoms with Crippen molar-refractivity contribution >= 4 is 46.4 Å². The number of ether oxygens (including phenoxy) is 1. The summed E-state index contributed by atoms with van der Waals surface area (Å²) in [6.07, 6.45) is -0.736. The van der Waals surface area contributed by atoms with Crippen LogP contribution < -0.4 is 10.1 Å². The Balaban J connectivity index is 2.04. The van der Waals surface area contributed by atoms with Crippen molar-refractivity contribution in [3.05, 3.63) is 57.5 Å². The van der Waals surface area contributed by atoms with Crippen LogP contribution in [0.4, 0.5) is 5.69 Å². The molecule has 0 aliphatic rings. The summed E-state index contributed by atoms with van der Waals surface area (Å²) in [5.74, 6) is 0.0474. The number of anilines is 1. The van der Waals surface area contributed by atoms with Crippen LogP contribution in [0.2, 0.25) is 15.1 Å². The van der Waals surface area contributed by atoms with E-state index in [2.05, 4.69) is 5.32 Å². The molecule has 0 spiro atoms. The van der Waals surface area contributed by atoms with E-state index < -0.39 is 6.10 Å². The zero-order valence-corrected chi connectivity index (χ0v) is 13.3. The van der Waals surface area contributed by atoms with Crippen LogP contribution in [0.5, 0.6) is 5.75 Å². The lowest BCUT2D eigenvalue weighted by atomic mass is 10.3. The molecule has 0 saturated carbocycles. The molecule has 2 aromatic rings. The quantitative estimate of drug-likeness (QED) is 0.842. The van der Waals surface area contributed by atoms with Crippen LogP contribution in [0.25, 0.3) is 0 Å². The van der Waals surface area contributed by atoms with Gasteiger partial charge in [-0.05, 0) is 37.3 Å². The Morgan fingerprint density at radius 2 is 1.81 bits per heavy atom. The van der Waals surface area contributed by atoms with E-state index in [4.69, 9.17) is 39.5 Å². The fraction of sp³-hybridized carbons (Fsp3) is 0.133. The van der Waals surface area contributed by atoms with E-state index in [1.165, 1.54) is 0 Å². The van der Waals surface area contributed by atoms with Gasteiger partial charge in [0.05, 0.1) is 5.02 Å². The van der Waals surface area contributed by atoms with Crippen LogP contribution >= 0.6 is 34.8 Å². The molecule has 0 unspecified atom stereocenters. The maximum atomic E-state index is 12.1. The van der Waals surface area contributed by atoms with Crippen molar-refractivity contribution in [3.8, 4) is 5.75 Å². The van der Waals surface area contributed by atoms with E-state index in [1.54, 1.807) is 49.4 Å². The van der Waals surface area contributed by atoms with Gasteiger partial charge in [-0.3, -0.25) is 4.79 Å². The van der Waals surface area contributed by atoms with Crippen molar-refractivity contribution in [3.63, 3.8) is 0 Å². The SMILES string of the molecule is C[C@@H](Oc1cc(Cl)ccc1Cl)C(=O)Nc1cccc(Cl)c1.